The topological polar surface area (TPSA) is 84.2 Å². The fourth-order valence-electron chi connectivity index (χ4n) is 3.29. The third-order valence-electron chi connectivity index (χ3n) is 4.84. The first kappa shape index (κ1) is 18.8. The van der Waals surface area contributed by atoms with Crippen molar-refractivity contribution in [3.05, 3.63) is 41.8 Å². The molecular formula is C18H24ClN5O2. The molecule has 4 rings (SSSR count). The quantitative estimate of drug-likeness (QED) is 0.831. The molecular weight excluding hydrogens is 354 g/mol. The summed E-state index contributed by atoms with van der Waals surface area (Å²) in [5.41, 5.74) is 1.08. The molecule has 1 unspecified atom stereocenters. The molecule has 7 nitrogen and oxygen atoms in total. The summed E-state index contributed by atoms with van der Waals surface area (Å²) >= 11 is 0. The lowest BCUT2D eigenvalue weighted by Gasteiger charge is -2.36. The Morgan fingerprint density at radius 2 is 2.27 bits per heavy atom. The summed E-state index contributed by atoms with van der Waals surface area (Å²) in [6, 6.07) is 4.00. The number of hydrogen-bond acceptors (Lipinski definition) is 6. The Hall–Kier alpha value is -1.99. The van der Waals surface area contributed by atoms with E-state index < -0.39 is 0 Å². The maximum absolute atomic E-state index is 12.7. The Balaban J connectivity index is 0.00000196. The van der Waals surface area contributed by atoms with Crippen LogP contribution in [-0.2, 0) is 11.2 Å². The molecule has 2 aromatic rings. The van der Waals surface area contributed by atoms with Crippen LogP contribution >= 0.6 is 12.4 Å². The van der Waals surface area contributed by atoms with E-state index in [0.29, 0.717) is 24.7 Å². The number of aryl methyl sites for hydroxylation is 1. The molecule has 1 aliphatic heterocycles. The van der Waals surface area contributed by atoms with Crippen molar-refractivity contribution >= 4 is 18.3 Å². The van der Waals surface area contributed by atoms with Gasteiger partial charge in [-0.1, -0.05) is 11.2 Å². The zero-order valence-electron chi connectivity index (χ0n) is 14.6. The van der Waals surface area contributed by atoms with E-state index >= 15 is 0 Å². The second-order valence-corrected chi connectivity index (χ2v) is 6.77. The zero-order valence-corrected chi connectivity index (χ0v) is 15.5. The van der Waals surface area contributed by atoms with E-state index in [2.05, 4.69) is 20.4 Å². The van der Waals surface area contributed by atoms with Crippen LogP contribution in [0.2, 0.25) is 0 Å². The van der Waals surface area contributed by atoms with E-state index in [9.17, 15) is 4.79 Å². The van der Waals surface area contributed by atoms with Crippen LogP contribution in [0.3, 0.4) is 0 Å². The summed E-state index contributed by atoms with van der Waals surface area (Å²) < 4.78 is 5.28. The van der Waals surface area contributed by atoms with Crippen molar-refractivity contribution < 1.29 is 9.32 Å². The maximum Gasteiger partial charge on any atom is 0.226 e. The molecule has 26 heavy (non-hydrogen) atoms. The third kappa shape index (κ3) is 4.40. The molecule has 0 aromatic carbocycles. The molecule has 0 spiro atoms. The van der Waals surface area contributed by atoms with E-state index in [1.165, 1.54) is 0 Å². The highest BCUT2D eigenvalue weighted by Crippen LogP contribution is 2.38. The number of nitrogens with one attached hydrogen (secondary N) is 1. The van der Waals surface area contributed by atoms with Crippen molar-refractivity contribution in [1.29, 1.82) is 0 Å². The number of hydrogen-bond donors (Lipinski definition) is 1. The molecule has 2 aliphatic rings. The molecule has 3 heterocycles. The van der Waals surface area contributed by atoms with Crippen LogP contribution in [0.4, 0.5) is 0 Å². The van der Waals surface area contributed by atoms with Crippen LogP contribution in [0.15, 0.2) is 29.0 Å². The molecule has 1 N–H and O–H groups in total. The fourth-order valence-corrected chi connectivity index (χ4v) is 3.29. The van der Waals surface area contributed by atoms with Gasteiger partial charge in [0.1, 0.15) is 0 Å². The van der Waals surface area contributed by atoms with Crippen molar-refractivity contribution in [2.24, 2.45) is 0 Å². The van der Waals surface area contributed by atoms with Gasteiger partial charge in [-0.05, 0) is 30.9 Å². The number of amides is 1. The zero-order chi connectivity index (χ0) is 17.1. The van der Waals surface area contributed by atoms with Crippen molar-refractivity contribution in [2.75, 3.05) is 19.6 Å². The highest BCUT2D eigenvalue weighted by molar-refractivity contribution is 5.85. The minimum atomic E-state index is 0. The predicted molar refractivity (Wildman–Crippen MR) is 98.0 cm³/mol. The molecule has 140 valence electrons. The summed E-state index contributed by atoms with van der Waals surface area (Å²) in [6.45, 7) is 2.33. The van der Waals surface area contributed by atoms with Crippen molar-refractivity contribution in [3.8, 4) is 0 Å². The molecule has 2 aromatic heterocycles. The summed E-state index contributed by atoms with van der Waals surface area (Å²) in [4.78, 5) is 23.3. The van der Waals surface area contributed by atoms with Crippen LogP contribution < -0.4 is 5.32 Å². The summed E-state index contributed by atoms with van der Waals surface area (Å²) in [5, 5.41) is 7.39. The molecule has 1 saturated carbocycles. The SMILES string of the molecule is Cl.O=C(CCCc1nc(C2CC2)no1)N1CCNCC1c1cccnc1. The minimum Gasteiger partial charge on any atom is -0.339 e. The van der Waals surface area contributed by atoms with Gasteiger partial charge in [-0.25, -0.2) is 0 Å². The molecule has 8 heteroatoms. The first-order chi connectivity index (χ1) is 12.3. The Morgan fingerprint density at radius 3 is 3.04 bits per heavy atom. The van der Waals surface area contributed by atoms with Crippen LogP contribution in [0.5, 0.6) is 0 Å². The molecule has 0 bridgehead atoms. The number of carbonyl (C=O) groups excluding carboxylic acids is 1. The van der Waals surface area contributed by atoms with Gasteiger partial charge in [-0.2, -0.15) is 4.98 Å². The van der Waals surface area contributed by atoms with Gasteiger partial charge in [-0.15, -0.1) is 12.4 Å². The van der Waals surface area contributed by atoms with E-state index in [-0.39, 0.29) is 24.4 Å². The number of pyridine rings is 1. The van der Waals surface area contributed by atoms with Gasteiger partial charge in [0, 0.05) is 50.8 Å². The maximum atomic E-state index is 12.7. The average molecular weight is 378 g/mol. The summed E-state index contributed by atoms with van der Waals surface area (Å²) in [6.07, 6.45) is 7.82. The molecule has 2 fully saturated rings. The fraction of sp³-hybridized carbons (Fsp3) is 0.556. The standard InChI is InChI=1S/C18H23N5O2.ClH/c24-17(5-1-4-16-21-18(22-25-16)13-6-7-13)23-10-9-20-12-15(23)14-3-2-8-19-11-14;/h2-3,8,11,13,15,20H,1,4-7,9-10,12H2;1H. The van der Waals surface area contributed by atoms with Crippen molar-refractivity contribution in [1.82, 2.24) is 25.3 Å². The summed E-state index contributed by atoms with van der Waals surface area (Å²) in [7, 11) is 0. The van der Waals surface area contributed by atoms with Gasteiger partial charge in [0.25, 0.3) is 0 Å². The third-order valence-corrected chi connectivity index (χ3v) is 4.84. The lowest BCUT2D eigenvalue weighted by Crippen LogP contribution is -2.48. The number of halogens is 1. The predicted octanol–water partition coefficient (Wildman–Crippen LogP) is 2.26. The molecule has 1 aliphatic carbocycles. The highest BCUT2D eigenvalue weighted by Gasteiger charge is 2.29. The lowest BCUT2D eigenvalue weighted by atomic mass is 10.0. The van der Waals surface area contributed by atoms with Gasteiger partial charge < -0.3 is 14.7 Å². The number of aromatic nitrogens is 3. The molecule has 1 saturated heterocycles. The Morgan fingerprint density at radius 1 is 1.38 bits per heavy atom. The Kier molecular flexibility index (Phi) is 6.21. The monoisotopic (exact) mass is 377 g/mol. The molecule has 1 amide bonds. The van der Waals surface area contributed by atoms with Gasteiger partial charge in [0.05, 0.1) is 6.04 Å². The highest BCUT2D eigenvalue weighted by atomic mass is 35.5. The number of nitrogens with zero attached hydrogens (tertiary/aromatic N) is 4. The lowest BCUT2D eigenvalue weighted by molar-refractivity contribution is -0.134. The van der Waals surface area contributed by atoms with E-state index in [0.717, 1.165) is 50.3 Å². The van der Waals surface area contributed by atoms with E-state index in [1.807, 2.05) is 23.2 Å². The van der Waals surface area contributed by atoms with Crippen LogP contribution in [-0.4, -0.2) is 45.6 Å². The van der Waals surface area contributed by atoms with Crippen molar-refractivity contribution in [2.45, 2.75) is 44.1 Å². The smallest absolute Gasteiger partial charge is 0.226 e. The van der Waals surface area contributed by atoms with Crippen molar-refractivity contribution in [3.63, 3.8) is 0 Å². The van der Waals surface area contributed by atoms with E-state index in [4.69, 9.17) is 4.52 Å². The van der Waals surface area contributed by atoms with Gasteiger partial charge in [0.15, 0.2) is 5.82 Å². The largest absolute Gasteiger partial charge is 0.339 e. The first-order valence-electron chi connectivity index (χ1n) is 9.04. The average Bonchev–Trinajstić information content (AvgIpc) is 3.41. The molecule has 0 radical (unpaired) electrons. The van der Waals surface area contributed by atoms with Crippen LogP contribution in [0.1, 0.15) is 54.9 Å². The first-order valence-corrected chi connectivity index (χ1v) is 9.04. The van der Waals surface area contributed by atoms with Gasteiger partial charge in [0.2, 0.25) is 11.8 Å². The van der Waals surface area contributed by atoms with E-state index in [1.54, 1.807) is 6.20 Å². The molecule has 1 atom stereocenters. The second-order valence-electron chi connectivity index (χ2n) is 6.77. The Bertz CT molecular complexity index is 719. The minimum absolute atomic E-state index is 0. The number of piperazine rings is 1. The summed E-state index contributed by atoms with van der Waals surface area (Å²) in [5.74, 6) is 2.16. The normalized spacial score (nSPS) is 19.8. The Labute approximate surface area is 159 Å². The van der Waals surface area contributed by atoms with Gasteiger partial charge >= 0.3 is 0 Å². The number of carbonyl (C=O) groups is 1. The second kappa shape index (κ2) is 8.60. The van der Waals surface area contributed by atoms with Gasteiger partial charge in [-0.3, -0.25) is 9.78 Å². The van der Waals surface area contributed by atoms with Crippen LogP contribution in [0, 0.1) is 0 Å². The number of rotatable bonds is 6. The van der Waals surface area contributed by atoms with Crippen LogP contribution in [0.25, 0.3) is 0 Å².